The lowest BCUT2D eigenvalue weighted by molar-refractivity contribution is 0.277. The Bertz CT molecular complexity index is 1540. The third kappa shape index (κ3) is 3.65. The summed E-state index contributed by atoms with van der Waals surface area (Å²) in [6.45, 7) is 1.55. The smallest absolute Gasteiger partial charge is 0.353 e. The van der Waals surface area contributed by atoms with E-state index in [0.29, 0.717) is 39.6 Å². The van der Waals surface area contributed by atoms with Crippen LogP contribution in [-0.4, -0.2) is 34.2 Å². The maximum atomic E-state index is 13.2. The minimum atomic E-state index is -0.471. The summed E-state index contributed by atoms with van der Waals surface area (Å²) in [6.07, 6.45) is 1.32. The average molecular weight is 464 g/mol. The van der Waals surface area contributed by atoms with Crippen LogP contribution in [0.4, 0.5) is 5.95 Å². The minimum Gasteiger partial charge on any atom is -0.448 e. The summed E-state index contributed by atoms with van der Waals surface area (Å²) in [5.74, 6) is 0.576. The highest BCUT2D eigenvalue weighted by molar-refractivity contribution is 6.29. The van der Waals surface area contributed by atoms with Crippen LogP contribution in [0.25, 0.3) is 28.0 Å². The van der Waals surface area contributed by atoms with E-state index in [9.17, 15) is 9.90 Å². The third-order valence-corrected chi connectivity index (χ3v) is 5.44. The highest BCUT2D eigenvalue weighted by atomic mass is 35.5. The maximum Gasteiger partial charge on any atom is 0.353 e. The van der Waals surface area contributed by atoms with Crippen LogP contribution >= 0.6 is 11.6 Å². The summed E-state index contributed by atoms with van der Waals surface area (Å²) in [7, 11) is 0. The number of anilines is 1. The number of benzene rings is 1. The number of hydrogen-bond acceptors (Lipinski definition) is 8. The quantitative estimate of drug-likeness (QED) is 0.379. The number of pyridine rings is 1. The van der Waals surface area contributed by atoms with Gasteiger partial charge in [-0.3, -0.25) is 0 Å². The fraction of sp³-hybridized carbons (Fsp3) is 0.136. The molecule has 0 amide bonds. The molecule has 11 heteroatoms. The second kappa shape index (κ2) is 8.15. The Morgan fingerprint density at radius 2 is 1.94 bits per heavy atom. The molecule has 5 aromatic rings. The van der Waals surface area contributed by atoms with E-state index < -0.39 is 5.69 Å². The molecule has 3 N–H and O–H groups in total. The molecule has 4 heterocycles. The van der Waals surface area contributed by atoms with Crippen LogP contribution < -0.4 is 11.4 Å². The lowest BCUT2D eigenvalue weighted by Crippen LogP contribution is -2.24. The standard InChI is InChI=1S/C22H18ClN7O3/c1-12-16(25-11-33-12)9-29-22(32)30-20(28-29)18(14-7-15(10-31)26-17(23)8-14)19(27-21(30)24)13-5-3-2-4-6-13/h2-8,11,31H,9-10H2,1H3,(H2,24,27). The summed E-state index contributed by atoms with van der Waals surface area (Å²) in [4.78, 5) is 26.0. The predicted octanol–water partition coefficient (Wildman–Crippen LogP) is 2.69. The van der Waals surface area contributed by atoms with Crippen LogP contribution in [0.15, 0.2) is 58.1 Å². The van der Waals surface area contributed by atoms with Crippen LogP contribution in [-0.2, 0) is 13.2 Å². The van der Waals surface area contributed by atoms with E-state index >= 15 is 0 Å². The fourth-order valence-electron chi connectivity index (χ4n) is 3.67. The van der Waals surface area contributed by atoms with Gasteiger partial charge in [0.2, 0.25) is 5.95 Å². The number of aromatic nitrogens is 6. The number of aryl methyl sites for hydroxylation is 1. The number of fused-ring (bicyclic) bond motifs is 1. The molecule has 0 fully saturated rings. The topological polar surface area (TPSA) is 137 Å². The molecule has 166 valence electrons. The van der Waals surface area contributed by atoms with Crippen molar-refractivity contribution in [1.29, 1.82) is 0 Å². The van der Waals surface area contributed by atoms with Crippen molar-refractivity contribution in [3.05, 3.63) is 81.6 Å². The summed E-state index contributed by atoms with van der Waals surface area (Å²) in [5, 5.41) is 14.4. The molecule has 0 saturated carbocycles. The van der Waals surface area contributed by atoms with Crippen molar-refractivity contribution in [3.8, 4) is 22.4 Å². The maximum absolute atomic E-state index is 13.2. The van der Waals surface area contributed by atoms with E-state index in [0.717, 1.165) is 5.56 Å². The van der Waals surface area contributed by atoms with Gasteiger partial charge in [0, 0.05) is 5.56 Å². The van der Waals surface area contributed by atoms with Gasteiger partial charge in [0.05, 0.1) is 30.1 Å². The monoisotopic (exact) mass is 463 g/mol. The van der Waals surface area contributed by atoms with Gasteiger partial charge < -0.3 is 15.3 Å². The van der Waals surface area contributed by atoms with Gasteiger partial charge in [-0.25, -0.2) is 28.8 Å². The fourth-order valence-corrected chi connectivity index (χ4v) is 3.90. The number of aliphatic hydroxyl groups is 1. The number of rotatable bonds is 5. The minimum absolute atomic E-state index is 0.0109. The van der Waals surface area contributed by atoms with E-state index in [-0.39, 0.29) is 24.3 Å². The number of nitrogens with zero attached hydrogens (tertiary/aromatic N) is 6. The molecule has 10 nitrogen and oxygen atoms in total. The molecule has 5 rings (SSSR count). The number of oxazole rings is 1. The number of halogens is 1. The van der Waals surface area contributed by atoms with Crippen molar-refractivity contribution in [2.24, 2.45) is 0 Å². The van der Waals surface area contributed by atoms with Crippen LogP contribution in [0, 0.1) is 6.92 Å². The lowest BCUT2D eigenvalue weighted by Gasteiger charge is -2.13. The number of nitrogens with two attached hydrogens (primary N) is 1. The van der Waals surface area contributed by atoms with Crippen molar-refractivity contribution >= 4 is 23.2 Å². The van der Waals surface area contributed by atoms with E-state index in [4.69, 9.17) is 21.8 Å². The van der Waals surface area contributed by atoms with Crippen LogP contribution in [0.5, 0.6) is 0 Å². The molecule has 0 aliphatic carbocycles. The molecule has 0 aliphatic rings. The average Bonchev–Trinajstić information content (AvgIpc) is 3.37. The van der Waals surface area contributed by atoms with Gasteiger partial charge in [0.25, 0.3) is 0 Å². The second-order valence-electron chi connectivity index (χ2n) is 7.34. The molecule has 4 aromatic heterocycles. The van der Waals surface area contributed by atoms with Gasteiger partial charge in [0.1, 0.15) is 16.6 Å². The van der Waals surface area contributed by atoms with Crippen molar-refractivity contribution < 1.29 is 9.52 Å². The molecule has 1 aromatic carbocycles. The zero-order valence-electron chi connectivity index (χ0n) is 17.4. The molecule has 33 heavy (non-hydrogen) atoms. The first-order chi connectivity index (χ1) is 16.0. The van der Waals surface area contributed by atoms with Gasteiger partial charge in [-0.15, -0.1) is 5.10 Å². The van der Waals surface area contributed by atoms with Crippen LogP contribution in [0.3, 0.4) is 0 Å². The summed E-state index contributed by atoms with van der Waals surface area (Å²) in [6, 6.07) is 12.7. The Hall–Kier alpha value is -4.02. The third-order valence-electron chi connectivity index (χ3n) is 5.24. The van der Waals surface area contributed by atoms with Crippen molar-refractivity contribution in [3.63, 3.8) is 0 Å². The van der Waals surface area contributed by atoms with Crippen molar-refractivity contribution in [2.45, 2.75) is 20.1 Å². The SMILES string of the molecule is Cc1ocnc1Cn1nc2c(-c3cc(Cl)nc(CO)c3)c(-c3ccccc3)nc(N)n2c1=O. The first kappa shape index (κ1) is 20.9. The van der Waals surface area contributed by atoms with Gasteiger partial charge in [-0.2, -0.15) is 0 Å². The molecule has 0 saturated heterocycles. The number of hydrogen-bond donors (Lipinski definition) is 2. The largest absolute Gasteiger partial charge is 0.448 e. The lowest BCUT2D eigenvalue weighted by atomic mass is 10.00. The van der Waals surface area contributed by atoms with E-state index in [1.54, 1.807) is 19.1 Å². The first-order valence-corrected chi connectivity index (χ1v) is 10.3. The molecular formula is C22H18ClN7O3. The molecular weight excluding hydrogens is 446 g/mol. The zero-order chi connectivity index (χ0) is 23.1. The van der Waals surface area contributed by atoms with E-state index in [1.807, 2.05) is 30.3 Å². The van der Waals surface area contributed by atoms with Gasteiger partial charge in [0.15, 0.2) is 12.0 Å². The van der Waals surface area contributed by atoms with Crippen LogP contribution in [0.1, 0.15) is 17.1 Å². The first-order valence-electron chi connectivity index (χ1n) is 9.97. The Labute approximate surface area is 191 Å². The molecule has 0 bridgehead atoms. The van der Waals surface area contributed by atoms with E-state index in [1.165, 1.54) is 15.5 Å². The van der Waals surface area contributed by atoms with E-state index in [2.05, 4.69) is 20.1 Å². The summed E-state index contributed by atoms with van der Waals surface area (Å²) in [5.41, 5.74) is 9.40. The molecule has 0 spiro atoms. The van der Waals surface area contributed by atoms with Gasteiger partial charge in [-0.05, 0) is 24.6 Å². The Morgan fingerprint density at radius 3 is 2.64 bits per heavy atom. The molecule has 0 atom stereocenters. The Kier molecular flexibility index (Phi) is 5.15. The van der Waals surface area contributed by atoms with Crippen molar-refractivity contribution in [1.82, 2.24) is 29.1 Å². The summed E-state index contributed by atoms with van der Waals surface area (Å²) >= 11 is 6.23. The molecule has 0 unspecified atom stereocenters. The molecule has 0 radical (unpaired) electrons. The highest BCUT2D eigenvalue weighted by Crippen LogP contribution is 2.35. The number of aliphatic hydroxyl groups excluding tert-OH is 1. The van der Waals surface area contributed by atoms with Gasteiger partial charge >= 0.3 is 5.69 Å². The normalized spacial score (nSPS) is 11.4. The van der Waals surface area contributed by atoms with Gasteiger partial charge in [-0.1, -0.05) is 41.9 Å². The Morgan fingerprint density at radius 1 is 1.15 bits per heavy atom. The second-order valence-corrected chi connectivity index (χ2v) is 7.73. The molecule has 0 aliphatic heterocycles. The highest BCUT2D eigenvalue weighted by Gasteiger charge is 2.23. The summed E-state index contributed by atoms with van der Waals surface area (Å²) < 4.78 is 7.74. The number of nitrogen functional groups attached to an aromatic ring is 1. The van der Waals surface area contributed by atoms with Crippen LogP contribution in [0.2, 0.25) is 5.15 Å². The zero-order valence-corrected chi connectivity index (χ0v) is 18.2. The van der Waals surface area contributed by atoms with Crippen molar-refractivity contribution in [2.75, 3.05) is 5.73 Å². The Balaban J connectivity index is 1.84. The predicted molar refractivity (Wildman–Crippen MR) is 122 cm³/mol.